The topological polar surface area (TPSA) is 78.6 Å². The summed E-state index contributed by atoms with van der Waals surface area (Å²) in [5.41, 5.74) is 7.07. The van der Waals surface area contributed by atoms with Crippen LogP contribution in [-0.2, 0) is 9.47 Å². The molecular formula is C17H17NO4. The molecule has 0 aliphatic rings. The highest BCUT2D eigenvalue weighted by Gasteiger charge is 2.08. The molecule has 0 heterocycles. The van der Waals surface area contributed by atoms with Gasteiger partial charge in [-0.25, -0.2) is 9.59 Å². The van der Waals surface area contributed by atoms with E-state index in [9.17, 15) is 9.59 Å². The van der Waals surface area contributed by atoms with E-state index >= 15 is 0 Å². The van der Waals surface area contributed by atoms with Crippen LogP contribution in [0.15, 0.2) is 54.6 Å². The fourth-order valence-electron chi connectivity index (χ4n) is 1.75. The number of rotatable bonds is 6. The van der Waals surface area contributed by atoms with Gasteiger partial charge in [0, 0.05) is 12.1 Å². The third kappa shape index (κ3) is 4.63. The quantitative estimate of drug-likeness (QED) is 0.504. The third-order valence-corrected chi connectivity index (χ3v) is 2.91. The van der Waals surface area contributed by atoms with Crippen molar-refractivity contribution in [1.29, 1.82) is 0 Å². The summed E-state index contributed by atoms with van der Waals surface area (Å²) in [5.74, 6) is -0.806. The summed E-state index contributed by atoms with van der Waals surface area (Å²) in [4.78, 5) is 23.4. The van der Waals surface area contributed by atoms with Gasteiger partial charge in [-0.15, -0.1) is 0 Å². The Morgan fingerprint density at radius 3 is 1.82 bits per heavy atom. The zero-order valence-corrected chi connectivity index (χ0v) is 12.0. The second kappa shape index (κ2) is 7.83. The van der Waals surface area contributed by atoms with Gasteiger partial charge in [0.15, 0.2) is 0 Å². The van der Waals surface area contributed by atoms with Crippen LogP contribution in [0.4, 0.5) is 5.69 Å². The van der Waals surface area contributed by atoms with Crippen molar-refractivity contribution in [3.63, 3.8) is 0 Å². The number of esters is 2. The maximum Gasteiger partial charge on any atom is 0.338 e. The van der Waals surface area contributed by atoms with Gasteiger partial charge in [-0.3, -0.25) is 0 Å². The number of carbonyl (C=O) groups excluding carboxylic acids is 2. The fourth-order valence-corrected chi connectivity index (χ4v) is 1.75. The first-order valence-corrected chi connectivity index (χ1v) is 6.91. The molecular weight excluding hydrogens is 282 g/mol. The number of hydrogen-bond donors (Lipinski definition) is 1. The van der Waals surface area contributed by atoms with Crippen molar-refractivity contribution in [2.75, 3.05) is 18.9 Å². The third-order valence-electron chi connectivity index (χ3n) is 2.91. The molecule has 2 aromatic rings. The van der Waals surface area contributed by atoms with E-state index < -0.39 is 5.97 Å². The van der Waals surface area contributed by atoms with Crippen LogP contribution in [0.2, 0.25) is 0 Å². The minimum Gasteiger partial charge on any atom is -0.462 e. The molecule has 22 heavy (non-hydrogen) atoms. The molecule has 2 rings (SSSR count). The van der Waals surface area contributed by atoms with Crippen molar-refractivity contribution in [3.05, 3.63) is 65.7 Å². The Morgan fingerprint density at radius 2 is 1.27 bits per heavy atom. The van der Waals surface area contributed by atoms with Crippen LogP contribution in [0.25, 0.3) is 0 Å². The summed E-state index contributed by atoms with van der Waals surface area (Å²) in [6.45, 7) is 0.383. The van der Waals surface area contributed by atoms with Crippen LogP contribution in [-0.4, -0.2) is 25.2 Å². The van der Waals surface area contributed by atoms with Crippen LogP contribution < -0.4 is 5.73 Å². The fraction of sp³-hybridized carbons (Fsp3) is 0.176. The predicted molar refractivity (Wildman–Crippen MR) is 82.5 cm³/mol. The van der Waals surface area contributed by atoms with Crippen LogP contribution >= 0.6 is 0 Å². The molecule has 2 N–H and O–H groups in total. The first-order valence-electron chi connectivity index (χ1n) is 6.91. The van der Waals surface area contributed by atoms with E-state index in [1.54, 1.807) is 48.5 Å². The van der Waals surface area contributed by atoms with Crippen molar-refractivity contribution in [1.82, 2.24) is 0 Å². The highest BCUT2D eigenvalue weighted by molar-refractivity contribution is 5.90. The minimum absolute atomic E-state index is 0.186. The molecule has 0 spiro atoms. The maximum atomic E-state index is 11.7. The van der Waals surface area contributed by atoms with Gasteiger partial charge >= 0.3 is 11.9 Å². The van der Waals surface area contributed by atoms with Gasteiger partial charge in [-0.1, -0.05) is 18.2 Å². The zero-order chi connectivity index (χ0) is 15.8. The molecule has 0 aromatic heterocycles. The molecule has 0 aliphatic carbocycles. The van der Waals surface area contributed by atoms with E-state index in [1.807, 2.05) is 6.07 Å². The largest absolute Gasteiger partial charge is 0.462 e. The normalized spacial score (nSPS) is 10.0. The molecule has 0 amide bonds. The van der Waals surface area contributed by atoms with Crippen molar-refractivity contribution >= 4 is 17.6 Å². The second-order valence-electron chi connectivity index (χ2n) is 4.61. The molecule has 0 aliphatic heterocycles. The molecule has 0 saturated carbocycles. The molecule has 0 radical (unpaired) electrons. The summed E-state index contributed by atoms with van der Waals surface area (Å²) >= 11 is 0. The van der Waals surface area contributed by atoms with E-state index in [-0.39, 0.29) is 19.2 Å². The number of nitrogens with two attached hydrogens (primary N) is 1. The number of nitrogen functional groups attached to an aromatic ring is 1. The van der Waals surface area contributed by atoms with Crippen LogP contribution in [0.1, 0.15) is 27.1 Å². The number of carbonyl (C=O) groups is 2. The van der Waals surface area contributed by atoms with Crippen molar-refractivity contribution in [2.24, 2.45) is 0 Å². The van der Waals surface area contributed by atoms with Gasteiger partial charge in [-0.05, 0) is 36.4 Å². The average molecular weight is 299 g/mol. The van der Waals surface area contributed by atoms with E-state index in [0.29, 0.717) is 23.2 Å². The molecule has 0 unspecified atom stereocenters. The lowest BCUT2D eigenvalue weighted by atomic mass is 10.2. The first kappa shape index (κ1) is 15.6. The van der Waals surface area contributed by atoms with Crippen LogP contribution in [0, 0.1) is 0 Å². The van der Waals surface area contributed by atoms with Gasteiger partial charge < -0.3 is 15.2 Å². The molecule has 114 valence electrons. The van der Waals surface area contributed by atoms with Gasteiger partial charge in [0.05, 0.1) is 24.3 Å². The molecule has 2 aromatic carbocycles. The van der Waals surface area contributed by atoms with Gasteiger partial charge in [-0.2, -0.15) is 0 Å². The average Bonchev–Trinajstić information content (AvgIpc) is 2.55. The summed E-state index contributed by atoms with van der Waals surface area (Å²) in [7, 11) is 0. The SMILES string of the molecule is Nc1ccc(C(=O)OCCCOC(=O)c2ccccc2)cc1. The van der Waals surface area contributed by atoms with Gasteiger partial charge in [0.1, 0.15) is 0 Å². The van der Waals surface area contributed by atoms with E-state index in [1.165, 1.54) is 0 Å². The zero-order valence-electron chi connectivity index (χ0n) is 12.0. The predicted octanol–water partition coefficient (Wildman–Crippen LogP) is 2.67. The summed E-state index contributed by atoms with van der Waals surface area (Å²) < 4.78 is 10.2. The van der Waals surface area contributed by atoms with Crippen molar-refractivity contribution < 1.29 is 19.1 Å². The van der Waals surface area contributed by atoms with Crippen LogP contribution in [0.5, 0.6) is 0 Å². The Balaban J connectivity index is 1.66. The molecule has 0 atom stereocenters. The summed E-state index contributed by atoms with van der Waals surface area (Å²) in [6.07, 6.45) is 0.444. The van der Waals surface area contributed by atoms with Crippen LogP contribution in [0.3, 0.4) is 0 Å². The second-order valence-corrected chi connectivity index (χ2v) is 4.61. The molecule has 0 fully saturated rings. The number of hydrogen-bond acceptors (Lipinski definition) is 5. The lowest BCUT2D eigenvalue weighted by Crippen LogP contribution is -2.11. The first-order chi connectivity index (χ1) is 10.7. The Kier molecular flexibility index (Phi) is 5.54. The summed E-state index contributed by atoms with van der Waals surface area (Å²) in [5, 5.41) is 0. The van der Waals surface area contributed by atoms with E-state index in [0.717, 1.165) is 0 Å². The number of anilines is 1. The Hall–Kier alpha value is -2.82. The Bertz CT molecular complexity index is 623. The Labute approximate surface area is 128 Å². The molecule has 0 bridgehead atoms. The Morgan fingerprint density at radius 1 is 0.773 bits per heavy atom. The molecule has 5 heteroatoms. The lowest BCUT2D eigenvalue weighted by molar-refractivity contribution is 0.0396. The van der Waals surface area contributed by atoms with E-state index in [4.69, 9.17) is 15.2 Å². The van der Waals surface area contributed by atoms with Gasteiger partial charge in [0.25, 0.3) is 0 Å². The molecule has 5 nitrogen and oxygen atoms in total. The highest BCUT2D eigenvalue weighted by atomic mass is 16.5. The standard InChI is InChI=1S/C17H17NO4/c18-15-9-7-14(8-10-15)17(20)22-12-4-11-21-16(19)13-5-2-1-3-6-13/h1-3,5-10H,4,11-12,18H2. The minimum atomic E-state index is -0.422. The highest BCUT2D eigenvalue weighted by Crippen LogP contribution is 2.07. The van der Waals surface area contributed by atoms with E-state index in [2.05, 4.69) is 0 Å². The smallest absolute Gasteiger partial charge is 0.338 e. The number of benzene rings is 2. The maximum absolute atomic E-state index is 11.7. The molecule has 0 saturated heterocycles. The summed E-state index contributed by atoms with van der Waals surface area (Å²) in [6, 6.07) is 15.2. The van der Waals surface area contributed by atoms with Gasteiger partial charge in [0.2, 0.25) is 0 Å². The monoisotopic (exact) mass is 299 g/mol. The van der Waals surface area contributed by atoms with Crippen molar-refractivity contribution in [3.8, 4) is 0 Å². The van der Waals surface area contributed by atoms with Crippen molar-refractivity contribution in [2.45, 2.75) is 6.42 Å². The number of ether oxygens (including phenoxy) is 2. The lowest BCUT2D eigenvalue weighted by Gasteiger charge is -2.06.